The van der Waals surface area contributed by atoms with Crippen LogP contribution in [0.15, 0.2) is 30.3 Å². The average Bonchev–Trinajstić information content (AvgIpc) is 3.38. The van der Waals surface area contributed by atoms with Gasteiger partial charge >= 0.3 is 5.97 Å². The quantitative estimate of drug-likeness (QED) is 0.163. The van der Waals surface area contributed by atoms with Gasteiger partial charge in [0.1, 0.15) is 24.2 Å². The van der Waals surface area contributed by atoms with Crippen LogP contribution in [0.25, 0.3) is 0 Å². The first-order chi connectivity index (χ1) is 17.7. The molecule has 1 aliphatic rings. The van der Waals surface area contributed by atoms with Crippen LogP contribution in [-0.2, 0) is 30.4 Å². The topological polar surface area (TPSA) is 191 Å². The molecule has 1 saturated heterocycles. The summed E-state index contributed by atoms with van der Waals surface area (Å²) in [5.74, 6) is -3.03. The van der Waals surface area contributed by atoms with Crippen LogP contribution in [0, 0.1) is 0 Å². The molecule has 4 amide bonds. The van der Waals surface area contributed by atoms with E-state index in [2.05, 4.69) is 16.0 Å². The number of nitrogens with zero attached hydrogens (tertiary/aromatic N) is 1. The Bertz CT molecular complexity index is 949. The summed E-state index contributed by atoms with van der Waals surface area (Å²) in [6.07, 6.45) is 3.14. The molecule has 12 nitrogen and oxygen atoms in total. The maximum absolute atomic E-state index is 13.0. The molecule has 0 aromatic heterocycles. The Balaban J connectivity index is 2.02. The maximum Gasteiger partial charge on any atom is 0.326 e. The standard InChI is InChI=1S/C24H35N5O7S/c1-37-11-9-17(24(35)36)28-21(32)18(12-15-6-3-2-4-7-15)27-20(31)13-26-22(33)19-8-5-10-29(19)23(34)16(25)14-30/h2-4,6-7,16-19,30H,5,8-14,25H2,1H3,(H,26,33)(H,27,31)(H,28,32)(H,35,36)/t16-,17-,18-,19-/m0/s1. The number of aliphatic carboxylic acids is 1. The lowest BCUT2D eigenvalue weighted by Crippen LogP contribution is -2.55. The van der Waals surface area contributed by atoms with E-state index >= 15 is 0 Å². The largest absolute Gasteiger partial charge is 0.480 e. The molecule has 4 atom stereocenters. The third-order valence-electron chi connectivity index (χ3n) is 5.94. The van der Waals surface area contributed by atoms with Crippen LogP contribution in [0.4, 0.5) is 0 Å². The number of carbonyl (C=O) groups excluding carboxylic acids is 4. The van der Waals surface area contributed by atoms with Crippen molar-refractivity contribution in [3.8, 4) is 0 Å². The smallest absolute Gasteiger partial charge is 0.326 e. The van der Waals surface area contributed by atoms with E-state index < -0.39 is 66.9 Å². The summed E-state index contributed by atoms with van der Waals surface area (Å²) in [7, 11) is 0. The van der Waals surface area contributed by atoms with E-state index in [1.807, 2.05) is 6.26 Å². The molecule has 2 rings (SSSR count). The van der Waals surface area contributed by atoms with E-state index in [1.165, 1.54) is 16.7 Å². The van der Waals surface area contributed by atoms with Gasteiger partial charge < -0.3 is 36.8 Å². The van der Waals surface area contributed by atoms with Gasteiger partial charge in [0, 0.05) is 13.0 Å². The second-order valence-corrected chi connectivity index (χ2v) is 9.67. The SMILES string of the molecule is CSCC[C@H](NC(=O)[C@H](Cc1ccccc1)NC(=O)CNC(=O)[C@@H]1CCCN1C(=O)[C@@H](N)CO)C(=O)O. The number of amides is 4. The molecule has 37 heavy (non-hydrogen) atoms. The molecule has 0 saturated carbocycles. The third-order valence-corrected chi connectivity index (χ3v) is 6.58. The predicted molar refractivity (Wildman–Crippen MR) is 137 cm³/mol. The summed E-state index contributed by atoms with van der Waals surface area (Å²) in [4.78, 5) is 63.5. The lowest BCUT2D eigenvalue weighted by Gasteiger charge is -2.26. The molecular formula is C24H35N5O7S. The highest BCUT2D eigenvalue weighted by Gasteiger charge is 2.36. The van der Waals surface area contributed by atoms with Crippen molar-refractivity contribution in [2.24, 2.45) is 5.73 Å². The fourth-order valence-corrected chi connectivity index (χ4v) is 4.42. The van der Waals surface area contributed by atoms with Crippen molar-refractivity contribution in [3.05, 3.63) is 35.9 Å². The number of likely N-dealkylation sites (tertiary alicyclic amines) is 1. The molecule has 13 heteroatoms. The number of rotatable bonds is 14. The molecule has 1 aromatic carbocycles. The first-order valence-corrected chi connectivity index (χ1v) is 13.4. The van der Waals surface area contributed by atoms with Gasteiger partial charge in [0.15, 0.2) is 0 Å². The van der Waals surface area contributed by atoms with Gasteiger partial charge in [0.05, 0.1) is 13.2 Å². The van der Waals surface area contributed by atoms with Crippen molar-refractivity contribution in [2.75, 3.05) is 31.7 Å². The monoisotopic (exact) mass is 537 g/mol. The number of carboxylic acid groups (broad SMARTS) is 1. The summed E-state index contributed by atoms with van der Waals surface area (Å²) in [6, 6.07) is 4.80. The average molecular weight is 538 g/mol. The minimum absolute atomic E-state index is 0.116. The van der Waals surface area contributed by atoms with E-state index in [4.69, 9.17) is 10.8 Å². The summed E-state index contributed by atoms with van der Waals surface area (Å²) < 4.78 is 0. The number of aliphatic hydroxyl groups is 1. The predicted octanol–water partition coefficient (Wildman–Crippen LogP) is -1.54. The molecular weight excluding hydrogens is 502 g/mol. The van der Waals surface area contributed by atoms with Crippen molar-refractivity contribution < 1.29 is 34.2 Å². The Labute approximate surface area is 219 Å². The molecule has 7 N–H and O–H groups in total. The van der Waals surface area contributed by atoms with Gasteiger partial charge in [-0.2, -0.15) is 11.8 Å². The lowest BCUT2D eigenvalue weighted by molar-refractivity contribution is -0.142. The minimum atomic E-state index is -1.17. The van der Waals surface area contributed by atoms with Gasteiger partial charge in [-0.3, -0.25) is 19.2 Å². The summed E-state index contributed by atoms with van der Waals surface area (Å²) >= 11 is 1.45. The van der Waals surface area contributed by atoms with Crippen molar-refractivity contribution in [1.29, 1.82) is 0 Å². The van der Waals surface area contributed by atoms with E-state index in [0.717, 1.165) is 5.56 Å². The van der Waals surface area contributed by atoms with Crippen LogP contribution in [0.1, 0.15) is 24.8 Å². The van der Waals surface area contributed by atoms with Crippen LogP contribution in [0.2, 0.25) is 0 Å². The highest BCUT2D eigenvalue weighted by molar-refractivity contribution is 7.98. The summed E-state index contributed by atoms with van der Waals surface area (Å²) in [5.41, 5.74) is 6.35. The van der Waals surface area contributed by atoms with Crippen LogP contribution in [-0.4, -0.2) is 101 Å². The fourth-order valence-electron chi connectivity index (χ4n) is 3.95. The number of carbonyl (C=O) groups is 5. The molecule has 1 aromatic rings. The fraction of sp³-hybridized carbons (Fsp3) is 0.542. The molecule has 204 valence electrons. The van der Waals surface area contributed by atoms with Crippen molar-refractivity contribution in [3.63, 3.8) is 0 Å². The highest BCUT2D eigenvalue weighted by Crippen LogP contribution is 2.18. The minimum Gasteiger partial charge on any atom is -0.480 e. The lowest BCUT2D eigenvalue weighted by atomic mass is 10.0. The van der Waals surface area contributed by atoms with Crippen LogP contribution < -0.4 is 21.7 Å². The third kappa shape index (κ3) is 9.34. The van der Waals surface area contributed by atoms with Crippen LogP contribution in [0.5, 0.6) is 0 Å². The van der Waals surface area contributed by atoms with E-state index in [1.54, 1.807) is 30.3 Å². The molecule has 1 fully saturated rings. The maximum atomic E-state index is 13.0. The van der Waals surface area contributed by atoms with Crippen molar-refractivity contribution in [1.82, 2.24) is 20.9 Å². The second kappa shape index (κ2) is 15.2. The second-order valence-electron chi connectivity index (χ2n) is 8.69. The Hall–Kier alpha value is -3.16. The number of benzene rings is 1. The van der Waals surface area contributed by atoms with Crippen LogP contribution in [0.3, 0.4) is 0 Å². The summed E-state index contributed by atoms with van der Waals surface area (Å²) in [6.45, 7) is -0.675. The van der Waals surface area contributed by atoms with Gasteiger partial charge in [-0.1, -0.05) is 30.3 Å². The van der Waals surface area contributed by atoms with Gasteiger partial charge in [0.2, 0.25) is 23.6 Å². The molecule has 1 heterocycles. The molecule has 0 bridgehead atoms. The Morgan fingerprint density at radius 3 is 2.46 bits per heavy atom. The number of aliphatic hydroxyl groups excluding tert-OH is 1. The number of nitrogens with one attached hydrogen (secondary N) is 3. The first-order valence-electron chi connectivity index (χ1n) is 12.0. The van der Waals surface area contributed by atoms with Crippen LogP contribution >= 0.6 is 11.8 Å². The van der Waals surface area contributed by atoms with Crippen molar-refractivity contribution >= 4 is 41.4 Å². The van der Waals surface area contributed by atoms with E-state index in [9.17, 15) is 29.1 Å². The molecule has 0 unspecified atom stereocenters. The van der Waals surface area contributed by atoms with Gasteiger partial charge in [-0.15, -0.1) is 0 Å². The zero-order chi connectivity index (χ0) is 27.4. The number of thioether (sulfide) groups is 1. The van der Waals surface area contributed by atoms with Gasteiger partial charge in [-0.05, 0) is 36.8 Å². The van der Waals surface area contributed by atoms with E-state index in [0.29, 0.717) is 25.1 Å². The highest BCUT2D eigenvalue weighted by atomic mass is 32.2. The molecule has 0 radical (unpaired) electrons. The number of carboxylic acids is 1. The number of nitrogens with two attached hydrogens (primary N) is 1. The Kier molecular flexibility index (Phi) is 12.3. The number of hydrogen-bond acceptors (Lipinski definition) is 8. The zero-order valence-corrected chi connectivity index (χ0v) is 21.5. The molecule has 0 spiro atoms. The normalized spacial score (nSPS) is 17.4. The van der Waals surface area contributed by atoms with Gasteiger partial charge in [0.25, 0.3) is 0 Å². The zero-order valence-electron chi connectivity index (χ0n) is 20.7. The Morgan fingerprint density at radius 2 is 1.84 bits per heavy atom. The van der Waals surface area contributed by atoms with Crippen molar-refractivity contribution in [2.45, 2.75) is 49.9 Å². The first kappa shape index (κ1) is 30.1. The summed E-state index contributed by atoms with van der Waals surface area (Å²) in [5, 5.41) is 26.1. The number of hydrogen-bond donors (Lipinski definition) is 6. The van der Waals surface area contributed by atoms with E-state index in [-0.39, 0.29) is 12.8 Å². The molecule has 1 aliphatic heterocycles. The Morgan fingerprint density at radius 1 is 1.14 bits per heavy atom. The van der Waals surface area contributed by atoms with Gasteiger partial charge in [-0.25, -0.2) is 4.79 Å². The molecule has 0 aliphatic carbocycles.